The largest absolute Gasteiger partial charge is 0.508 e. The van der Waals surface area contributed by atoms with Gasteiger partial charge in [-0.05, 0) is 49.9 Å². The summed E-state index contributed by atoms with van der Waals surface area (Å²) in [5, 5.41) is 20.2. The molecule has 2 fully saturated rings. The van der Waals surface area contributed by atoms with E-state index in [2.05, 4.69) is 4.90 Å². The van der Waals surface area contributed by atoms with Crippen LogP contribution in [0.25, 0.3) is 0 Å². The molecule has 1 aromatic rings. The van der Waals surface area contributed by atoms with Crippen molar-refractivity contribution in [2.24, 2.45) is 0 Å². The van der Waals surface area contributed by atoms with Crippen molar-refractivity contribution >= 4 is 0 Å². The fourth-order valence-electron chi connectivity index (χ4n) is 3.42. The molecule has 2 N–H and O–H groups in total. The summed E-state index contributed by atoms with van der Waals surface area (Å²) in [4.78, 5) is 2.44. The number of piperidine rings is 2. The van der Waals surface area contributed by atoms with Crippen LogP contribution in [0, 0.1) is 0 Å². The molecular weight excluding hydrogens is 226 g/mol. The molecule has 1 aromatic carbocycles. The number of aliphatic hydroxyl groups is 1. The molecule has 2 aliphatic rings. The standard InChI is InChI=1S/C15H21NO2/c17-14-6-4-12(5-7-14)15(18)9-8-13-3-1-2-10-16(13)11-15/h4-7,13,17-18H,1-3,8-11H2/t13-,15+/m0/s1. The van der Waals surface area contributed by atoms with E-state index in [1.54, 1.807) is 12.1 Å². The summed E-state index contributed by atoms with van der Waals surface area (Å²) in [5.74, 6) is 0.258. The Bertz CT molecular complexity index is 417. The number of nitrogens with zero attached hydrogens (tertiary/aromatic N) is 1. The second kappa shape index (κ2) is 4.56. The molecule has 0 radical (unpaired) electrons. The number of phenols is 1. The Hall–Kier alpha value is -1.06. The van der Waals surface area contributed by atoms with E-state index in [0.717, 1.165) is 31.5 Å². The van der Waals surface area contributed by atoms with Crippen LogP contribution < -0.4 is 0 Å². The van der Waals surface area contributed by atoms with E-state index >= 15 is 0 Å². The lowest BCUT2D eigenvalue weighted by Gasteiger charge is -2.46. The zero-order chi connectivity index (χ0) is 12.6. The Morgan fingerprint density at radius 2 is 1.89 bits per heavy atom. The maximum absolute atomic E-state index is 10.8. The molecule has 2 heterocycles. The van der Waals surface area contributed by atoms with Gasteiger partial charge in [-0.2, -0.15) is 0 Å². The van der Waals surface area contributed by atoms with Gasteiger partial charge in [-0.25, -0.2) is 0 Å². The summed E-state index contributed by atoms with van der Waals surface area (Å²) in [6.07, 6.45) is 5.78. The Morgan fingerprint density at radius 3 is 2.67 bits per heavy atom. The van der Waals surface area contributed by atoms with Crippen molar-refractivity contribution in [3.63, 3.8) is 0 Å². The molecule has 3 rings (SSSR count). The predicted molar refractivity (Wildman–Crippen MR) is 70.4 cm³/mol. The van der Waals surface area contributed by atoms with Crippen LogP contribution in [0.3, 0.4) is 0 Å². The normalized spacial score (nSPS) is 33.1. The van der Waals surface area contributed by atoms with Crippen molar-refractivity contribution in [1.29, 1.82) is 0 Å². The third-order valence-corrected chi connectivity index (χ3v) is 4.51. The van der Waals surface area contributed by atoms with Crippen LogP contribution in [-0.4, -0.2) is 34.2 Å². The summed E-state index contributed by atoms with van der Waals surface area (Å²) >= 11 is 0. The first kappa shape index (κ1) is 12.0. The molecule has 0 amide bonds. The molecule has 3 heteroatoms. The van der Waals surface area contributed by atoms with Crippen molar-refractivity contribution in [1.82, 2.24) is 4.90 Å². The van der Waals surface area contributed by atoms with Gasteiger partial charge in [0.15, 0.2) is 0 Å². The quantitative estimate of drug-likeness (QED) is 0.800. The molecule has 98 valence electrons. The van der Waals surface area contributed by atoms with Gasteiger partial charge in [0.25, 0.3) is 0 Å². The summed E-state index contributed by atoms with van der Waals surface area (Å²) in [5.41, 5.74) is 0.200. The number of hydrogen-bond acceptors (Lipinski definition) is 3. The van der Waals surface area contributed by atoms with E-state index in [0.29, 0.717) is 6.04 Å². The zero-order valence-electron chi connectivity index (χ0n) is 10.7. The van der Waals surface area contributed by atoms with Crippen LogP contribution in [0.4, 0.5) is 0 Å². The maximum atomic E-state index is 10.8. The van der Waals surface area contributed by atoms with E-state index in [4.69, 9.17) is 0 Å². The third-order valence-electron chi connectivity index (χ3n) is 4.51. The molecule has 2 atom stereocenters. The number of rotatable bonds is 1. The van der Waals surface area contributed by atoms with Crippen molar-refractivity contribution < 1.29 is 10.2 Å². The number of aromatic hydroxyl groups is 1. The fraction of sp³-hybridized carbons (Fsp3) is 0.600. The van der Waals surface area contributed by atoms with Gasteiger partial charge in [-0.15, -0.1) is 0 Å². The summed E-state index contributed by atoms with van der Waals surface area (Å²) in [6, 6.07) is 7.70. The Morgan fingerprint density at radius 1 is 1.11 bits per heavy atom. The average molecular weight is 247 g/mol. The van der Waals surface area contributed by atoms with Gasteiger partial charge >= 0.3 is 0 Å². The molecule has 0 aromatic heterocycles. The minimum absolute atomic E-state index is 0.258. The summed E-state index contributed by atoms with van der Waals surface area (Å²) in [6.45, 7) is 1.85. The number of hydrogen-bond donors (Lipinski definition) is 2. The molecule has 0 saturated carbocycles. The Kier molecular flexibility index (Phi) is 3.04. The molecule has 0 aliphatic carbocycles. The first-order valence-electron chi connectivity index (χ1n) is 6.93. The molecule has 2 aliphatic heterocycles. The maximum Gasteiger partial charge on any atom is 0.115 e. The minimum Gasteiger partial charge on any atom is -0.508 e. The second-order valence-corrected chi connectivity index (χ2v) is 5.74. The van der Waals surface area contributed by atoms with Crippen LogP contribution in [0.15, 0.2) is 24.3 Å². The van der Waals surface area contributed by atoms with Gasteiger partial charge < -0.3 is 10.2 Å². The number of benzene rings is 1. The van der Waals surface area contributed by atoms with Crippen molar-refractivity contribution in [2.75, 3.05) is 13.1 Å². The minimum atomic E-state index is -0.735. The highest BCUT2D eigenvalue weighted by atomic mass is 16.3. The average Bonchev–Trinajstić information content (AvgIpc) is 2.39. The predicted octanol–water partition coefficient (Wildman–Crippen LogP) is 2.23. The summed E-state index contributed by atoms with van der Waals surface area (Å²) < 4.78 is 0. The zero-order valence-corrected chi connectivity index (χ0v) is 10.7. The van der Waals surface area contributed by atoms with E-state index in [1.807, 2.05) is 12.1 Å². The van der Waals surface area contributed by atoms with Crippen LogP contribution in [0.1, 0.15) is 37.7 Å². The molecule has 0 bridgehead atoms. The van der Waals surface area contributed by atoms with Crippen LogP contribution in [0.5, 0.6) is 5.75 Å². The van der Waals surface area contributed by atoms with Gasteiger partial charge in [-0.3, -0.25) is 4.90 Å². The van der Waals surface area contributed by atoms with E-state index in [-0.39, 0.29) is 5.75 Å². The van der Waals surface area contributed by atoms with E-state index < -0.39 is 5.60 Å². The molecule has 0 spiro atoms. The smallest absolute Gasteiger partial charge is 0.115 e. The molecule has 3 nitrogen and oxygen atoms in total. The lowest BCUT2D eigenvalue weighted by atomic mass is 9.80. The summed E-state index contributed by atoms with van der Waals surface area (Å²) in [7, 11) is 0. The highest BCUT2D eigenvalue weighted by Gasteiger charge is 2.39. The fourth-order valence-corrected chi connectivity index (χ4v) is 3.42. The van der Waals surface area contributed by atoms with Crippen molar-refractivity contribution in [3.05, 3.63) is 29.8 Å². The first-order valence-corrected chi connectivity index (χ1v) is 6.93. The van der Waals surface area contributed by atoms with Gasteiger partial charge in [-0.1, -0.05) is 18.6 Å². The molecular formula is C15H21NO2. The number of phenolic OH excluding ortho intramolecular Hbond substituents is 1. The first-order chi connectivity index (χ1) is 8.67. The SMILES string of the molecule is Oc1ccc([C@@]2(O)CC[C@@H]3CCCCN3C2)cc1. The van der Waals surface area contributed by atoms with Crippen LogP contribution in [0.2, 0.25) is 0 Å². The van der Waals surface area contributed by atoms with E-state index in [9.17, 15) is 10.2 Å². The van der Waals surface area contributed by atoms with Gasteiger partial charge in [0.2, 0.25) is 0 Å². The van der Waals surface area contributed by atoms with Gasteiger partial charge in [0.05, 0.1) is 0 Å². The van der Waals surface area contributed by atoms with Crippen LogP contribution in [-0.2, 0) is 5.60 Å². The lowest BCUT2D eigenvalue weighted by molar-refractivity contribution is -0.0661. The Labute approximate surface area is 108 Å². The number of fused-ring (bicyclic) bond motifs is 1. The second-order valence-electron chi connectivity index (χ2n) is 5.74. The van der Waals surface area contributed by atoms with Gasteiger partial charge in [0.1, 0.15) is 11.4 Å². The third kappa shape index (κ3) is 2.13. The van der Waals surface area contributed by atoms with Gasteiger partial charge in [0, 0.05) is 12.6 Å². The lowest BCUT2D eigenvalue weighted by Crippen LogP contribution is -2.52. The molecule has 18 heavy (non-hydrogen) atoms. The van der Waals surface area contributed by atoms with Crippen LogP contribution >= 0.6 is 0 Å². The highest BCUT2D eigenvalue weighted by Crippen LogP contribution is 2.37. The molecule has 0 unspecified atom stereocenters. The monoisotopic (exact) mass is 247 g/mol. The molecule has 2 saturated heterocycles. The topological polar surface area (TPSA) is 43.7 Å². The Balaban J connectivity index is 1.80. The highest BCUT2D eigenvalue weighted by molar-refractivity contribution is 5.30. The van der Waals surface area contributed by atoms with Crippen molar-refractivity contribution in [3.8, 4) is 5.75 Å². The van der Waals surface area contributed by atoms with E-state index in [1.165, 1.54) is 19.3 Å². The van der Waals surface area contributed by atoms with Crippen molar-refractivity contribution in [2.45, 2.75) is 43.7 Å².